The number of nitrogens with one attached hydrogen (secondary N) is 1. The van der Waals surface area contributed by atoms with Crippen LogP contribution in [0.1, 0.15) is 6.42 Å². The van der Waals surface area contributed by atoms with Crippen molar-refractivity contribution in [2.75, 3.05) is 11.2 Å². The second-order valence-corrected chi connectivity index (χ2v) is 3.21. The third-order valence-electron chi connectivity index (χ3n) is 1.70. The quantitative estimate of drug-likeness (QED) is 0.502. The molecule has 2 nitrogen and oxygen atoms in total. The van der Waals surface area contributed by atoms with Gasteiger partial charge in [0, 0.05) is 18.4 Å². The molecule has 0 aliphatic carbocycles. The van der Waals surface area contributed by atoms with Crippen molar-refractivity contribution in [3.8, 4) is 0 Å². The summed E-state index contributed by atoms with van der Waals surface area (Å²) < 4.78 is 51.4. The van der Waals surface area contributed by atoms with Gasteiger partial charge in [-0.1, -0.05) is 0 Å². The summed E-state index contributed by atoms with van der Waals surface area (Å²) in [5, 5.41) is 1.71. The van der Waals surface area contributed by atoms with Crippen molar-refractivity contribution in [2.45, 2.75) is 6.42 Å². The lowest BCUT2D eigenvalue weighted by Gasteiger charge is -2.07. The molecule has 0 saturated carbocycles. The number of carbonyl (C=O) groups is 1. The molecule has 0 radical (unpaired) electrons. The summed E-state index contributed by atoms with van der Waals surface area (Å²) in [6.07, 6.45) is -0.224. The Morgan fingerprint density at radius 3 is 2.12 bits per heavy atom. The van der Waals surface area contributed by atoms with Crippen molar-refractivity contribution < 1.29 is 22.4 Å². The lowest BCUT2D eigenvalue weighted by molar-refractivity contribution is -0.115. The van der Waals surface area contributed by atoms with Gasteiger partial charge in [0.2, 0.25) is 5.91 Å². The molecule has 0 heterocycles. The van der Waals surface area contributed by atoms with Crippen LogP contribution in [0.5, 0.6) is 0 Å². The maximum atomic E-state index is 13.0. The molecular weight excluding hydrogens is 250 g/mol. The molecule has 0 fully saturated rings. The molecular formula is C9H6ClF4NO. The average Bonchev–Trinajstić information content (AvgIpc) is 2.22. The Labute approximate surface area is 93.2 Å². The Bertz CT molecular complexity index is 398. The molecule has 16 heavy (non-hydrogen) atoms. The highest BCUT2D eigenvalue weighted by Crippen LogP contribution is 2.24. The van der Waals surface area contributed by atoms with E-state index in [2.05, 4.69) is 0 Å². The Hall–Kier alpha value is -1.30. The van der Waals surface area contributed by atoms with Crippen LogP contribution in [0.3, 0.4) is 0 Å². The summed E-state index contributed by atoms with van der Waals surface area (Å²) in [5.41, 5.74) is -1.15. The van der Waals surface area contributed by atoms with Crippen LogP contribution in [0, 0.1) is 23.3 Å². The maximum absolute atomic E-state index is 13.0. The van der Waals surface area contributed by atoms with Gasteiger partial charge in [-0.3, -0.25) is 4.79 Å². The van der Waals surface area contributed by atoms with E-state index >= 15 is 0 Å². The first-order chi connectivity index (χ1) is 7.47. The van der Waals surface area contributed by atoms with E-state index in [1.165, 1.54) is 0 Å². The minimum absolute atomic E-state index is 0.0574. The first-order valence-electron chi connectivity index (χ1n) is 4.16. The van der Waals surface area contributed by atoms with Gasteiger partial charge in [0.15, 0.2) is 23.3 Å². The molecule has 0 bridgehead atoms. The minimum Gasteiger partial charge on any atom is -0.321 e. The van der Waals surface area contributed by atoms with Crippen molar-refractivity contribution in [3.05, 3.63) is 29.3 Å². The molecule has 1 rings (SSSR count). The first-order valence-corrected chi connectivity index (χ1v) is 4.69. The second kappa shape index (κ2) is 5.16. The number of amides is 1. The Balaban J connectivity index is 3.07. The molecule has 1 aromatic carbocycles. The number of benzene rings is 1. The van der Waals surface area contributed by atoms with Gasteiger partial charge in [-0.25, -0.2) is 17.6 Å². The number of alkyl halides is 1. The lowest BCUT2D eigenvalue weighted by atomic mass is 10.2. The topological polar surface area (TPSA) is 29.1 Å². The lowest BCUT2D eigenvalue weighted by Crippen LogP contribution is -2.15. The smallest absolute Gasteiger partial charge is 0.225 e. The highest BCUT2D eigenvalue weighted by atomic mass is 35.5. The van der Waals surface area contributed by atoms with Gasteiger partial charge in [0.05, 0.1) is 0 Å². The largest absolute Gasteiger partial charge is 0.321 e. The van der Waals surface area contributed by atoms with E-state index in [1.54, 1.807) is 5.32 Å². The summed E-state index contributed by atoms with van der Waals surface area (Å²) in [7, 11) is 0. The Morgan fingerprint density at radius 1 is 1.19 bits per heavy atom. The molecule has 0 saturated heterocycles. The van der Waals surface area contributed by atoms with E-state index in [-0.39, 0.29) is 18.4 Å². The number of hydrogen-bond donors (Lipinski definition) is 1. The molecule has 7 heteroatoms. The van der Waals surface area contributed by atoms with E-state index in [0.717, 1.165) is 0 Å². The SMILES string of the molecule is O=C(CCCl)Nc1c(F)c(F)cc(F)c1F. The number of carbonyl (C=O) groups excluding carboxylic acids is 1. The van der Waals surface area contributed by atoms with E-state index in [0.29, 0.717) is 0 Å². The fourth-order valence-corrected chi connectivity index (χ4v) is 1.14. The van der Waals surface area contributed by atoms with Gasteiger partial charge in [0.25, 0.3) is 0 Å². The van der Waals surface area contributed by atoms with Crippen molar-refractivity contribution in [1.82, 2.24) is 0 Å². The van der Waals surface area contributed by atoms with E-state index < -0.39 is 34.9 Å². The van der Waals surface area contributed by atoms with E-state index in [1.807, 2.05) is 0 Å². The summed E-state index contributed by atoms with van der Waals surface area (Å²) in [6.45, 7) is 0. The molecule has 0 aromatic heterocycles. The molecule has 0 aliphatic rings. The zero-order valence-electron chi connectivity index (χ0n) is 7.79. The number of hydrogen-bond acceptors (Lipinski definition) is 1. The highest BCUT2D eigenvalue weighted by molar-refractivity contribution is 6.19. The maximum Gasteiger partial charge on any atom is 0.225 e. The fourth-order valence-electron chi connectivity index (χ4n) is 0.971. The van der Waals surface area contributed by atoms with E-state index in [9.17, 15) is 22.4 Å². The molecule has 1 aromatic rings. The van der Waals surface area contributed by atoms with Crippen molar-refractivity contribution >= 4 is 23.2 Å². The van der Waals surface area contributed by atoms with Crippen LogP contribution in [-0.4, -0.2) is 11.8 Å². The first kappa shape index (κ1) is 12.8. The fraction of sp³-hybridized carbons (Fsp3) is 0.222. The van der Waals surface area contributed by atoms with Crippen LogP contribution in [0.15, 0.2) is 6.07 Å². The van der Waals surface area contributed by atoms with Crippen LogP contribution >= 0.6 is 11.6 Å². The van der Waals surface area contributed by atoms with Crippen molar-refractivity contribution in [1.29, 1.82) is 0 Å². The molecule has 0 aliphatic heterocycles. The molecule has 0 unspecified atom stereocenters. The number of anilines is 1. The second-order valence-electron chi connectivity index (χ2n) is 2.83. The van der Waals surface area contributed by atoms with Gasteiger partial charge >= 0.3 is 0 Å². The average molecular weight is 256 g/mol. The Morgan fingerprint density at radius 2 is 1.69 bits per heavy atom. The predicted molar refractivity (Wildman–Crippen MR) is 50.2 cm³/mol. The van der Waals surface area contributed by atoms with Crippen LogP contribution in [0.4, 0.5) is 23.2 Å². The summed E-state index contributed by atoms with van der Waals surface area (Å²) in [6, 6.07) is 0.0574. The van der Waals surface area contributed by atoms with Crippen LogP contribution < -0.4 is 5.32 Å². The monoisotopic (exact) mass is 255 g/mol. The van der Waals surface area contributed by atoms with Crippen molar-refractivity contribution in [2.24, 2.45) is 0 Å². The van der Waals surface area contributed by atoms with E-state index in [4.69, 9.17) is 11.6 Å². The Kier molecular flexibility index (Phi) is 4.12. The van der Waals surface area contributed by atoms with Crippen LogP contribution in [-0.2, 0) is 4.79 Å². The van der Waals surface area contributed by atoms with Gasteiger partial charge in [-0.15, -0.1) is 11.6 Å². The summed E-state index contributed by atoms with van der Waals surface area (Å²) in [5.74, 6) is -7.38. The zero-order chi connectivity index (χ0) is 12.3. The predicted octanol–water partition coefficient (Wildman–Crippen LogP) is 2.81. The third kappa shape index (κ3) is 2.63. The molecule has 0 spiro atoms. The third-order valence-corrected chi connectivity index (χ3v) is 1.89. The summed E-state index contributed by atoms with van der Waals surface area (Å²) >= 11 is 5.21. The molecule has 0 atom stereocenters. The highest BCUT2D eigenvalue weighted by Gasteiger charge is 2.20. The van der Waals surface area contributed by atoms with Crippen LogP contribution in [0.25, 0.3) is 0 Å². The molecule has 1 amide bonds. The minimum atomic E-state index is -1.65. The summed E-state index contributed by atoms with van der Waals surface area (Å²) in [4.78, 5) is 11.0. The number of halogens is 5. The molecule has 88 valence electrons. The number of rotatable bonds is 3. The van der Waals surface area contributed by atoms with Crippen LogP contribution in [0.2, 0.25) is 0 Å². The van der Waals surface area contributed by atoms with Gasteiger partial charge < -0.3 is 5.32 Å². The van der Waals surface area contributed by atoms with Gasteiger partial charge in [-0.05, 0) is 0 Å². The molecule has 1 N–H and O–H groups in total. The normalized spacial score (nSPS) is 10.3. The van der Waals surface area contributed by atoms with Crippen molar-refractivity contribution in [3.63, 3.8) is 0 Å². The van der Waals surface area contributed by atoms with Gasteiger partial charge in [0.1, 0.15) is 5.69 Å². The van der Waals surface area contributed by atoms with Gasteiger partial charge in [-0.2, -0.15) is 0 Å². The standard InChI is InChI=1S/C9H6ClF4NO/c10-2-1-6(16)15-9-7(13)4(11)3-5(12)8(9)14/h3H,1-2H2,(H,15,16). The zero-order valence-corrected chi connectivity index (χ0v) is 8.55.